The maximum Gasteiger partial charge on any atom is 0.514 e. The molecule has 0 unspecified atom stereocenters. The summed E-state index contributed by atoms with van der Waals surface area (Å²) in [5.74, 6) is -2.35. The number of nitro groups is 2. The maximum atomic E-state index is 13.9. The van der Waals surface area contributed by atoms with E-state index in [1.165, 1.54) is 78.9 Å². The third-order valence-corrected chi connectivity index (χ3v) is 15.6. The van der Waals surface area contributed by atoms with Gasteiger partial charge in [0.05, 0.1) is 61.0 Å². The molecule has 7 N–H and O–H groups in total. The van der Waals surface area contributed by atoms with E-state index in [-0.39, 0.29) is 101 Å². The number of amides is 2. The van der Waals surface area contributed by atoms with Crippen molar-refractivity contribution >= 4 is 69.3 Å². The molecule has 2 amide bonds. The van der Waals surface area contributed by atoms with E-state index in [4.69, 9.17) is 32.5 Å². The second-order valence-corrected chi connectivity index (χ2v) is 24.1. The predicted molar refractivity (Wildman–Crippen MR) is 314 cm³/mol. The quantitative estimate of drug-likeness (QED) is 0.0179. The number of ether oxygens (including phenoxy) is 3. The first kappa shape index (κ1) is 67.5. The highest BCUT2D eigenvalue weighted by molar-refractivity contribution is 6.61. The van der Waals surface area contributed by atoms with Crippen LogP contribution in [0.25, 0.3) is 11.4 Å². The lowest BCUT2D eigenvalue weighted by molar-refractivity contribution is -0.385. The van der Waals surface area contributed by atoms with Crippen LogP contribution in [-0.2, 0) is 29.9 Å². The number of hydrogen-bond acceptors (Lipinski definition) is 18. The van der Waals surface area contributed by atoms with Gasteiger partial charge in [0.2, 0.25) is 0 Å². The summed E-state index contributed by atoms with van der Waals surface area (Å²) >= 11 is 4.92. The lowest BCUT2D eigenvalue weighted by Gasteiger charge is -2.30. The minimum absolute atomic E-state index is 0.00965. The Labute approximate surface area is 518 Å². The van der Waals surface area contributed by atoms with Gasteiger partial charge in [-0.3, -0.25) is 39.4 Å². The summed E-state index contributed by atoms with van der Waals surface area (Å²) in [6, 6.07) is 18.6. The molecule has 4 aliphatic carbocycles. The second kappa shape index (κ2) is 26.9. The summed E-state index contributed by atoms with van der Waals surface area (Å²) in [5.41, 5.74) is 7.50. The molecule has 0 saturated heterocycles. The predicted octanol–water partition coefficient (Wildman–Crippen LogP) is 12.2. The summed E-state index contributed by atoms with van der Waals surface area (Å²) in [5, 5.41) is 44.9. The van der Waals surface area contributed by atoms with Crippen LogP contribution >= 0.6 is 11.6 Å². The number of benzene rings is 4. The topological polar surface area (TPSA) is 348 Å². The van der Waals surface area contributed by atoms with E-state index < -0.39 is 91.0 Å². The molecule has 2 fully saturated rings. The van der Waals surface area contributed by atoms with E-state index in [9.17, 15) is 80.4 Å². The number of rotatable bonds is 13. The van der Waals surface area contributed by atoms with E-state index in [1.807, 2.05) is 13.8 Å². The van der Waals surface area contributed by atoms with Crippen LogP contribution in [0.15, 0.2) is 84.9 Å². The Morgan fingerprint density at radius 2 is 0.978 bits per heavy atom. The van der Waals surface area contributed by atoms with Gasteiger partial charge in [0, 0.05) is 72.2 Å². The van der Waals surface area contributed by atoms with Crippen molar-refractivity contribution < 1.29 is 84.3 Å². The van der Waals surface area contributed by atoms with Crippen molar-refractivity contribution in [2.45, 2.75) is 141 Å². The Bertz CT molecular complexity index is 3800. The van der Waals surface area contributed by atoms with Crippen molar-refractivity contribution in [1.29, 1.82) is 0 Å². The average Bonchev–Trinajstić information content (AvgIpc) is 1.69. The lowest BCUT2D eigenvalue weighted by atomic mass is 9.75. The second-order valence-electron chi connectivity index (χ2n) is 23.8. The van der Waals surface area contributed by atoms with E-state index in [0.717, 1.165) is 9.36 Å². The van der Waals surface area contributed by atoms with Crippen molar-refractivity contribution in [2.75, 3.05) is 10.6 Å². The molecule has 4 aliphatic rings. The molecular weight excluding hydrogens is 1230 g/mol. The average molecular weight is 1300 g/mol. The van der Waals surface area contributed by atoms with E-state index in [1.54, 1.807) is 19.9 Å². The van der Waals surface area contributed by atoms with E-state index in [0.29, 0.717) is 68.4 Å². The SMILES string of the molecule is CC1(C)CC(=O)c2c(C(F)(F)F)nn(-c3ccc(C(N)=O)c(NC4CCC(O)CC4)c3)c2C1.CC1(C)CC(=O)c2c(C(F)(F)F)nn(-c3ccc(C(N)=O)c(NC4CCC(OC(=O)Oc5ccc([N+](=O)[O-])cc5)CC4)c3)c2C1.O=C(Cl)Oc1ccc([N+](=O)[O-])cc1. The number of aromatic nitrogens is 4. The molecule has 2 heterocycles. The van der Waals surface area contributed by atoms with Gasteiger partial charge in [-0.2, -0.15) is 36.5 Å². The zero-order valence-corrected chi connectivity index (χ0v) is 49.9. The first-order chi connectivity index (χ1) is 42.6. The van der Waals surface area contributed by atoms with Gasteiger partial charge in [-0.05, 0) is 136 Å². The Morgan fingerprint density at radius 1 is 0.604 bits per heavy atom. The number of carbonyl (C=O) groups excluding carboxylic acids is 6. The van der Waals surface area contributed by atoms with Crippen LogP contribution in [0.2, 0.25) is 0 Å². The number of halogens is 7. The summed E-state index contributed by atoms with van der Waals surface area (Å²) in [4.78, 5) is 92.1. The third-order valence-electron chi connectivity index (χ3n) is 15.5. The molecule has 6 aromatic rings. The Morgan fingerprint density at radius 3 is 1.33 bits per heavy atom. The molecule has 0 atom stereocenters. The van der Waals surface area contributed by atoms with Crippen LogP contribution in [0, 0.1) is 31.1 Å². The molecule has 0 bridgehead atoms. The van der Waals surface area contributed by atoms with Gasteiger partial charge < -0.3 is 41.4 Å². The normalized spacial score (nSPS) is 19.1. The molecule has 0 radical (unpaired) electrons. The van der Waals surface area contributed by atoms with Crippen molar-refractivity contribution in [3.63, 3.8) is 0 Å². The Kier molecular flexibility index (Phi) is 20.0. The Balaban J connectivity index is 0.000000202. The molecule has 0 spiro atoms. The van der Waals surface area contributed by atoms with Gasteiger partial charge in [-0.15, -0.1) is 0 Å². The minimum atomic E-state index is -4.84. The smallest absolute Gasteiger partial charge is 0.431 e. The number of alkyl halides is 6. The minimum Gasteiger partial charge on any atom is -0.431 e. The van der Waals surface area contributed by atoms with Crippen molar-refractivity contribution in [2.24, 2.45) is 22.3 Å². The van der Waals surface area contributed by atoms with Crippen molar-refractivity contribution in [3.05, 3.63) is 150 Å². The number of Topliss-reactive ketones (excluding diaryl/α,β-unsaturated/α-hetero) is 2. The highest BCUT2D eigenvalue weighted by Gasteiger charge is 2.47. The standard InChI is InChI=1S/C30H30F3N5O7.C23H27F3N4O3.C7H4ClNO4/c1-29(2)14-23-25(24(39)15-29)26(30(31,32)33)36-37(23)18-7-12-21(27(34)40)22(13-18)35-16-3-8-19(9-4-16)44-28(41)45-20-10-5-17(6-11-20)38(42)43;1-22(2)10-17-19(18(32)11-22)20(23(24,25)26)29-30(17)13-5-8-15(21(27)33)16(9-13)28-12-3-6-14(31)7-4-12;8-7(10)13-6-3-1-5(2-4-6)9(11)12/h5-7,10-13,16,19,35H,3-4,8-9,14-15H2,1-2H3,(H2,34,40);5,8-9,12,14,28,31H,3-4,6-7,10-11H2,1-2H3,(H2,27,33);1-4H. The summed E-state index contributed by atoms with van der Waals surface area (Å²) in [7, 11) is 0. The molecule has 2 aromatic heterocycles. The number of nitrogens with one attached hydrogen (secondary N) is 2. The lowest BCUT2D eigenvalue weighted by Crippen LogP contribution is -2.32. The first-order valence-electron chi connectivity index (χ1n) is 28.3. The molecule has 24 nitrogen and oxygen atoms in total. The highest BCUT2D eigenvalue weighted by Crippen LogP contribution is 2.44. The number of anilines is 2. The summed E-state index contributed by atoms with van der Waals surface area (Å²) < 4.78 is 100. The number of aliphatic hydroxyl groups is 1. The monoisotopic (exact) mass is 1290 g/mol. The van der Waals surface area contributed by atoms with Crippen molar-refractivity contribution in [1.82, 2.24) is 19.6 Å². The summed E-state index contributed by atoms with van der Waals surface area (Å²) in [6.45, 7) is 7.27. The number of carbonyl (C=O) groups is 6. The van der Waals surface area contributed by atoms with Crippen molar-refractivity contribution in [3.8, 4) is 22.9 Å². The van der Waals surface area contributed by atoms with Crippen LogP contribution in [0.1, 0.15) is 156 Å². The summed E-state index contributed by atoms with van der Waals surface area (Å²) in [6.07, 6.45) is -6.49. The molecule has 10 rings (SSSR count). The number of primary amides is 2. The van der Waals surface area contributed by atoms with Gasteiger partial charge in [0.15, 0.2) is 23.0 Å². The highest BCUT2D eigenvalue weighted by atomic mass is 35.5. The van der Waals surface area contributed by atoms with E-state index >= 15 is 0 Å². The number of aliphatic hydroxyl groups excluding tert-OH is 1. The molecule has 91 heavy (non-hydrogen) atoms. The molecular formula is C60H61ClF6N10O14. The van der Waals surface area contributed by atoms with Gasteiger partial charge in [-0.25, -0.2) is 19.0 Å². The van der Waals surface area contributed by atoms with Gasteiger partial charge in [0.1, 0.15) is 17.6 Å². The van der Waals surface area contributed by atoms with Crippen LogP contribution < -0.4 is 31.6 Å². The zero-order valence-electron chi connectivity index (χ0n) is 49.1. The molecule has 484 valence electrons. The fourth-order valence-corrected chi connectivity index (χ4v) is 11.4. The molecule has 0 aliphatic heterocycles. The Hall–Kier alpha value is -9.45. The number of nitrogens with two attached hydrogens (primary N) is 2. The number of nitrogens with zero attached hydrogens (tertiary/aromatic N) is 6. The number of ketones is 2. The third kappa shape index (κ3) is 16.7. The van der Waals surface area contributed by atoms with E-state index in [2.05, 4.69) is 25.6 Å². The number of fused-ring (bicyclic) bond motifs is 2. The molecule has 2 saturated carbocycles. The van der Waals surface area contributed by atoms with Crippen LogP contribution in [-0.4, -0.2) is 93.8 Å². The number of non-ortho nitro benzene ring substituents is 2. The van der Waals surface area contributed by atoms with Crippen LogP contribution in [0.3, 0.4) is 0 Å². The number of nitro benzene ring substituents is 2. The fourth-order valence-electron chi connectivity index (χ4n) is 11.3. The van der Waals surface area contributed by atoms with Crippen LogP contribution in [0.5, 0.6) is 11.5 Å². The van der Waals surface area contributed by atoms with Gasteiger partial charge in [0.25, 0.3) is 23.2 Å². The largest absolute Gasteiger partial charge is 0.514 e. The van der Waals surface area contributed by atoms with Crippen LogP contribution in [0.4, 0.5) is 58.7 Å². The maximum absolute atomic E-state index is 13.9. The fraction of sp³-hybridized carbons (Fsp3) is 0.400. The van der Waals surface area contributed by atoms with Gasteiger partial charge in [-0.1, -0.05) is 27.7 Å². The first-order valence-corrected chi connectivity index (χ1v) is 28.7. The molecule has 31 heteroatoms. The zero-order chi connectivity index (χ0) is 66.7. The van der Waals surface area contributed by atoms with Gasteiger partial charge >= 0.3 is 23.9 Å². The molecule has 4 aromatic carbocycles. The number of hydrogen-bond donors (Lipinski definition) is 5.